The Hall–Kier alpha value is -2.99. The zero-order valence-corrected chi connectivity index (χ0v) is 14.7. The topological polar surface area (TPSA) is 79.6 Å². The average Bonchev–Trinajstić information content (AvgIpc) is 3.33. The molecule has 3 heterocycles. The van der Waals surface area contributed by atoms with E-state index in [2.05, 4.69) is 34.4 Å². The highest BCUT2D eigenvalue weighted by Crippen LogP contribution is 2.39. The van der Waals surface area contributed by atoms with Crippen LogP contribution in [-0.4, -0.2) is 30.1 Å². The van der Waals surface area contributed by atoms with Crippen molar-refractivity contribution in [3.05, 3.63) is 53.3 Å². The number of aryl methyl sites for hydroxylation is 2. The Morgan fingerprint density at radius 1 is 1.27 bits per heavy atom. The fourth-order valence-electron chi connectivity index (χ4n) is 3.92. The van der Waals surface area contributed by atoms with Gasteiger partial charge in [-0.2, -0.15) is 10.2 Å². The van der Waals surface area contributed by atoms with Crippen LogP contribution in [0.1, 0.15) is 29.2 Å². The molecule has 3 aromatic heterocycles. The molecular formula is C20H19N5O. The van der Waals surface area contributed by atoms with Crippen LogP contribution in [0.5, 0.6) is 0 Å². The first-order valence-electron chi connectivity index (χ1n) is 8.77. The van der Waals surface area contributed by atoms with Gasteiger partial charge in [-0.15, -0.1) is 0 Å². The minimum absolute atomic E-state index is 0.367. The Labute approximate surface area is 150 Å². The van der Waals surface area contributed by atoms with E-state index in [1.54, 1.807) is 10.9 Å². The molecule has 0 bridgehead atoms. The van der Waals surface area contributed by atoms with Gasteiger partial charge < -0.3 is 5.11 Å². The van der Waals surface area contributed by atoms with Gasteiger partial charge in [0, 0.05) is 24.4 Å². The highest BCUT2D eigenvalue weighted by Gasteiger charge is 2.24. The maximum Gasteiger partial charge on any atom is 0.122 e. The summed E-state index contributed by atoms with van der Waals surface area (Å²) in [7, 11) is 1.89. The van der Waals surface area contributed by atoms with Crippen molar-refractivity contribution in [2.24, 2.45) is 7.05 Å². The lowest BCUT2D eigenvalue weighted by molar-refractivity contribution is 0.180. The van der Waals surface area contributed by atoms with Crippen LogP contribution in [0.15, 0.2) is 36.7 Å². The molecule has 0 radical (unpaired) electrons. The molecule has 1 aliphatic rings. The summed E-state index contributed by atoms with van der Waals surface area (Å²) in [5, 5.41) is 22.0. The third kappa shape index (κ3) is 2.19. The van der Waals surface area contributed by atoms with Crippen molar-refractivity contribution in [1.29, 1.82) is 0 Å². The summed E-state index contributed by atoms with van der Waals surface area (Å²) < 4.78 is 1.76. The number of hydrogen-bond donors (Lipinski definition) is 2. The molecule has 0 saturated carbocycles. The third-order valence-electron chi connectivity index (χ3n) is 5.20. The SMILES string of the molecule is Cc1cc2[nH]nc(-c3cnn(C)c3)c2nc1-c1cccc2c1CCC2O. The van der Waals surface area contributed by atoms with E-state index >= 15 is 0 Å². The Morgan fingerprint density at radius 2 is 2.15 bits per heavy atom. The number of aromatic nitrogens is 5. The number of hydrogen-bond acceptors (Lipinski definition) is 4. The van der Waals surface area contributed by atoms with Gasteiger partial charge >= 0.3 is 0 Å². The molecule has 2 N–H and O–H groups in total. The minimum Gasteiger partial charge on any atom is -0.388 e. The van der Waals surface area contributed by atoms with Crippen molar-refractivity contribution in [1.82, 2.24) is 25.0 Å². The van der Waals surface area contributed by atoms with Crippen LogP contribution in [0.2, 0.25) is 0 Å². The number of fused-ring (bicyclic) bond motifs is 2. The van der Waals surface area contributed by atoms with Gasteiger partial charge in [0.25, 0.3) is 0 Å². The van der Waals surface area contributed by atoms with Crippen LogP contribution < -0.4 is 0 Å². The first kappa shape index (κ1) is 15.3. The van der Waals surface area contributed by atoms with Crippen LogP contribution in [0.3, 0.4) is 0 Å². The lowest BCUT2D eigenvalue weighted by Gasteiger charge is -2.11. The molecular weight excluding hydrogens is 326 g/mol. The molecule has 0 saturated heterocycles. The predicted octanol–water partition coefficient (Wildman–Crippen LogP) is 3.31. The summed E-state index contributed by atoms with van der Waals surface area (Å²) in [5.74, 6) is 0. The standard InChI is InChI=1S/C20H19N5O/c1-11-8-16-20(19(24-23-16)12-9-21-25(2)10-12)22-18(11)15-5-3-4-14-13(15)6-7-17(14)26/h3-5,8-10,17,26H,6-7H2,1-2H3,(H,23,24). The normalized spacial score (nSPS) is 16.3. The Bertz CT molecular complexity index is 1140. The Balaban J connectivity index is 1.74. The van der Waals surface area contributed by atoms with E-state index in [-0.39, 0.29) is 6.10 Å². The van der Waals surface area contributed by atoms with Crippen molar-refractivity contribution in [3.8, 4) is 22.5 Å². The molecule has 1 aliphatic carbocycles. The second-order valence-electron chi connectivity index (χ2n) is 6.95. The van der Waals surface area contributed by atoms with E-state index in [1.165, 1.54) is 5.56 Å². The highest BCUT2D eigenvalue weighted by molar-refractivity contribution is 5.91. The first-order valence-corrected chi connectivity index (χ1v) is 8.77. The summed E-state index contributed by atoms with van der Waals surface area (Å²) >= 11 is 0. The van der Waals surface area contributed by atoms with Crippen molar-refractivity contribution < 1.29 is 5.11 Å². The number of pyridine rings is 1. The van der Waals surface area contributed by atoms with Gasteiger partial charge in [-0.3, -0.25) is 9.78 Å². The van der Waals surface area contributed by atoms with Gasteiger partial charge in [0.2, 0.25) is 0 Å². The number of benzene rings is 1. The molecule has 1 unspecified atom stereocenters. The second kappa shape index (κ2) is 5.51. The third-order valence-corrected chi connectivity index (χ3v) is 5.20. The summed E-state index contributed by atoms with van der Waals surface area (Å²) in [5.41, 5.74) is 8.90. The number of rotatable bonds is 2. The van der Waals surface area contributed by atoms with Gasteiger partial charge in [-0.05, 0) is 42.5 Å². The zero-order chi connectivity index (χ0) is 17.8. The minimum atomic E-state index is -0.367. The molecule has 4 aromatic rings. The molecule has 26 heavy (non-hydrogen) atoms. The van der Waals surface area contributed by atoms with Gasteiger partial charge in [0.15, 0.2) is 0 Å². The quantitative estimate of drug-likeness (QED) is 0.584. The van der Waals surface area contributed by atoms with Gasteiger partial charge in [0.1, 0.15) is 11.2 Å². The van der Waals surface area contributed by atoms with Crippen molar-refractivity contribution in [2.45, 2.75) is 25.9 Å². The maximum absolute atomic E-state index is 10.2. The lowest BCUT2D eigenvalue weighted by Crippen LogP contribution is -1.96. The summed E-state index contributed by atoms with van der Waals surface area (Å²) in [6.07, 6.45) is 5.03. The molecule has 0 spiro atoms. The van der Waals surface area contributed by atoms with Crippen LogP contribution in [0.4, 0.5) is 0 Å². The number of H-pyrrole nitrogens is 1. The van der Waals surface area contributed by atoms with Gasteiger partial charge in [-0.25, -0.2) is 4.98 Å². The number of aliphatic hydroxyl groups excluding tert-OH is 1. The number of aliphatic hydroxyl groups is 1. The van der Waals surface area contributed by atoms with Crippen LogP contribution >= 0.6 is 0 Å². The predicted molar refractivity (Wildman–Crippen MR) is 99.5 cm³/mol. The summed E-state index contributed by atoms with van der Waals surface area (Å²) in [6.45, 7) is 2.07. The summed E-state index contributed by atoms with van der Waals surface area (Å²) in [4.78, 5) is 4.98. The highest BCUT2D eigenvalue weighted by atomic mass is 16.3. The van der Waals surface area contributed by atoms with E-state index in [1.807, 2.05) is 25.4 Å². The lowest BCUT2D eigenvalue weighted by atomic mass is 9.97. The Morgan fingerprint density at radius 3 is 2.96 bits per heavy atom. The van der Waals surface area contributed by atoms with Crippen LogP contribution in [0.25, 0.3) is 33.5 Å². The van der Waals surface area contributed by atoms with Crippen LogP contribution in [0, 0.1) is 6.92 Å². The summed E-state index contributed by atoms with van der Waals surface area (Å²) in [6, 6.07) is 8.21. The van der Waals surface area contributed by atoms with Gasteiger partial charge in [0.05, 0.1) is 23.5 Å². The van der Waals surface area contributed by atoms with E-state index in [0.717, 1.165) is 57.5 Å². The number of nitrogens with zero attached hydrogens (tertiary/aromatic N) is 4. The fraction of sp³-hybridized carbons (Fsp3) is 0.250. The van der Waals surface area contributed by atoms with Crippen molar-refractivity contribution in [2.75, 3.05) is 0 Å². The number of aromatic amines is 1. The molecule has 6 nitrogen and oxygen atoms in total. The van der Waals surface area contributed by atoms with Crippen LogP contribution in [-0.2, 0) is 13.5 Å². The van der Waals surface area contributed by atoms with Gasteiger partial charge in [-0.1, -0.05) is 18.2 Å². The molecule has 5 rings (SSSR count). The monoisotopic (exact) mass is 345 g/mol. The fourth-order valence-corrected chi connectivity index (χ4v) is 3.92. The van der Waals surface area contributed by atoms with Crippen molar-refractivity contribution >= 4 is 11.0 Å². The van der Waals surface area contributed by atoms with E-state index in [4.69, 9.17) is 4.98 Å². The molecule has 130 valence electrons. The largest absolute Gasteiger partial charge is 0.388 e. The molecule has 0 aliphatic heterocycles. The first-order chi connectivity index (χ1) is 12.6. The maximum atomic E-state index is 10.2. The second-order valence-corrected chi connectivity index (χ2v) is 6.95. The smallest absolute Gasteiger partial charge is 0.122 e. The van der Waals surface area contributed by atoms with E-state index < -0.39 is 0 Å². The zero-order valence-electron chi connectivity index (χ0n) is 14.7. The van der Waals surface area contributed by atoms with E-state index in [9.17, 15) is 5.11 Å². The molecule has 1 atom stereocenters. The molecule has 6 heteroatoms. The Kier molecular flexibility index (Phi) is 3.24. The molecule has 1 aromatic carbocycles. The molecule has 0 amide bonds. The average molecular weight is 345 g/mol. The number of nitrogens with one attached hydrogen (secondary N) is 1. The van der Waals surface area contributed by atoms with Crippen molar-refractivity contribution in [3.63, 3.8) is 0 Å². The van der Waals surface area contributed by atoms with E-state index in [0.29, 0.717) is 0 Å². The molecule has 0 fully saturated rings.